The van der Waals surface area contributed by atoms with Crippen molar-refractivity contribution in [1.82, 2.24) is 9.97 Å². The number of hydrogen-bond donors (Lipinski definition) is 0. The van der Waals surface area contributed by atoms with Gasteiger partial charge in [0.1, 0.15) is 0 Å². The number of carbonyl (C=O) groups is 1. The van der Waals surface area contributed by atoms with E-state index in [9.17, 15) is 4.79 Å². The van der Waals surface area contributed by atoms with E-state index in [-0.39, 0.29) is 5.91 Å². The predicted molar refractivity (Wildman–Crippen MR) is 105 cm³/mol. The van der Waals surface area contributed by atoms with Crippen molar-refractivity contribution < 1.29 is 4.79 Å². The van der Waals surface area contributed by atoms with Crippen LogP contribution in [0, 0.1) is 11.3 Å². The first-order valence-electron chi connectivity index (χ1n) is 8.63. The van der Waals surface area contributed by atoms with Crippen molar-refractivity contribution in [3.63, 3.8) is 0 Å². The zero-order valence-electron chi connectivity index (χ0n) is 14.8. The molecule has 0 saturated heterocycles. The average Bonchev–Trinajstić information content (AvgIpc) is 2.71. The second-order valence-electron chi connectivity index (χ2n) is 6.34. The number of carbonyl (C=O) groups excluding carboxylic acids is 1. The second-order valence-corrected chi connectivity index (χ2v) is 6.34. The minimum absolute atomic E-state index is 0.140. The molecule has 1 aliphatic rings. The zero-order chi connectivity index (χ0) is 18.8. The maximum Gasteiger partial charge on any atom is 0.252 e. The lowest BCUT2D eigenvalue weighted by Crippen LogP contribution is -2.43. The Morgan fingerprint density at radius 2 is 1.70 bits per heavy atom. The van der Waals surface area contributed by atoms with Gasteiger partial charge in [0.05, 0.1) is 22.7 Å². The molecule has 2 aromatic carbocycles. The molecular formula is C21H17N5O. The Kier molecular flexibility index (Phi) is 4.27. The molecule has 1 aromatic heterocycles. The molecule has 6 heteroatoms. The highest BCUT2D eigenvalue weighted by Crippen LogP contribution is 2.30. The van der Waals surface area contributed by atoms with Gasteiger partial charge in [-0.15, -0.1) is 0 Å². The molecule has 0 unspecified atom stereocenters. The van der Waals surface area contributed by atoms with Crippen LogP contribution >= 0.6 is 0 Å². The van der Waals surface area contributed by atoms with Crippen LogP contribution in [0.5, 0.6) is 0 Å². The van der Waals surface area contributed by atoms with Crippen LogP contribution in [-0.2, 0) is 4.79 Å². The molecule has 3 aromatic rings. The Bertz CT molecular complexity index is 1080. The zero-order valence-corrected chi connectivity index (χ0v) is 14.8. The summed E-state index contributed by atoms with van der Waals surface area (Å²) in [5.41, 5.74) is 3.03. The number of hydrogen-bond acceptors (Lipinski definition) is 5. The van der Waals surface area contributed by atoms with Gasteiger partial charge in [-0.1, -0.05) is 24.3 Å². The van der Waals surface area contributed by atoms with Gasteiger partial charge >= 0.3 is 0 Å². The van der Waals surface area contributed by atoms with Crippen molar-refractivity contribution >= 4 is 34.7 Å². The van der Waals surface area contributed by atoms with Crippen molar-refractivity contribution in [3.8, 4) is 6.07 Å². The number of aromatic nitrogens is 2. The van der Waals surface area contributed by atoms with Crippen molar-refractivity contribution in [3.05, 3.63) is 65.7 Å². The van der Waals surface area contributed by atoms with E-state index in [2.05, 4.69) is 16.0 Å². The molecule has 132 valence electrons. The number of anilines is 2. The van der Waals surface area contributed by atoms with Gasteiger partial charge in [0.25, 0.3) is 5.91 Å². The molecular weight excluding hydrogens is 338 g/mol. The summed E-state index contributed by atoms with van der Waals surface area (Å²) in [4.78, 5) is 25.8. The van der Waals surface area contributed by atoms with E-state index in [4.69, 9.17) is 5.26 Å². The topological polar surface area (TPSA) is 73.1 Å². The third-order valence-electron chi connectivity index (χ3n) is 4.53. The first kappa shape index (κ1) is 16.7. The Balaban J connectivity index is 1.65. The van der Waals surface area contributed by atoms with E-state index in [1.54, 1.807) is 23.1 Å². The van der Waals surface area contributed by atoms with Crippen molar-refractivity contribution in [2.24, 2.45) is 0 Å². The van der Waals surface area contributed by atoms with Crippen LogP contribution in [0.15, 0.2) is 54.6 Å². The summed E-state index contributed by atoms with van der Waals surface area (Å²) in [5, 5.41) is 8.86. The molecule has 0 bridgehead atoms. The van der Waals surface area contributed by atoms with Crippen LogP contribution < -0.4 is 9.80 Å². The van der Waals surface area contributed by atoms with Crippen LogP contribution in [0.1, 0.15) is 11.1 Å². The lowest BCUT2D eigenvalue weighted by molar-refractivity contribution is -0.114. The fourth-order valence-corrected chi connectivity index (χ4v) is 3.02. The van der Waals surface area contributed by atoms with E-state index >= 15 is 0 Å². The van der Waals surface area contributed by atoms with Crippen LogP contribution in [0.2, 0.25) is 0 Å². The van der Waals surface area contributed by atoms with E-state index < -0.39 is 0 Å². The maximum absolute atomic E-state index is 12.8. The van der Waals surface area contributed by atoms with Crippen LogP contribution in [-0.4, -0.2) is 36.0 Å². The van der Waals surface area contributed by atoms with Gasteiger partial charge in [0, 0.05) is 26.2 Å². The van der Waals surface area contributed by atoms with Gasteiger partial charge in [0.2, 0.25) is 0 Å². The molecule has 0 saturated carbocycles. The predicted octanol–water partition coefficient (Wildman–Crippen LogP) is 3.00. The SMILES string of the molecule is CN1CCN(C(=O)/C=C/c2ccc(C#N)cc2)c2nc3ccccc3nc21. The summed E-state index contributed by atoms with van der Waals surface area (Å²) < 4.78 is 0. The Morgan fingerprint density at radius 1 is 1.04 bits per heavy atom. The molecule has 0 N–H and O–H groups in total. The molecule has 0 fully saturated rings. The maximum atomic E-state index is 12.8. The molecule has 1 aliphatic heterocycles. The van der Waals surface area contributed by atoms with Gasteiger partial charge < -0.3 is 4.90 Å². The lowest BCUT2D eigenvalue weighted by Gasteiger charge is -2.33. The minimum atomic E-state index is -0.140. The Hall–Kier alpha value is -3.72. The standard InChI is InChI=1S/C21H17N5O/c1-25-12-13-26(19(27)11-10-15-6-8-16(14-22)9-7-15)21-20(25)23-17-4-2-3-5-18(17)24-21/h2-11H,12-13H2,1H3/b11-10+. The molecule has 0 spiro atoms. The summed E-state index contributed by atoms with van der Waals surface area (Å²) in [6.45, 7) is 1.24. The van der Waals surface area contributed by atoms with Crippen molar-refractivity contribution in [1.29, 1.82) is 5.26 Å². The van der Waals surface area contributed by atoms with Crippen molar-refractivity contribution in [2.75, 3.05) is 29.9 Å². The largest absolute Gasteiger partial charge is 0.355 e. The van der Waals surface area contributed by atoms with E-state index in [1.807, 2.05) is 48.3 Å². The van der Waals surface area contributed by atoms with Gasteiger partial charge in [-0.05, 0) is 35.9 Å². The third-order valence-corrected chi connectivity index (χ3v) is 4.53. The molecule has 1 amide bonds. The van der Waals surface area contributed by atoms with E-state index in [0.29, 0.717) is 30.3 Å². The van der Waals surface area contributed by atoms with Gasteiger partial charge in [0.15, 0.2) is 11.6 Å². The summed E-state index contributed by atoms with van der Waals surface area (Å²) in [7, 11) is 1.96. The fraction of sp³-hybridized carbons (Fsp3) is 0.143. The average molecular weight is 355 g/mol. The quantitative estimate of drug-likeness (QED) is 0.661. The van der Waals surface area contributed by atoms with E-state index in [0.717, 1.165) is 16.6 Å². The van der Waals surface area contributed by atoms with Gasteiger partial charge in [-0.25, -0.2) is 9.97 Å². The molecule has 2 heterocycles. The van der Waals surface area contributed by atoms with Gasteiger partial charge in [-0.2, -0.15) is 5.26 Å². The number of nitriles is 1. The first-order chi connectivity index (χ1) is 13.2. The number of likely N-dealkylation sites (N-methyl/N-ethyl adjacent to an activating group) is 1. The summed E-state index contributed by atoms with van der Waals surface area (Å²) in [5.74, 6) is 1.15. The summed E-state index contributed by atoms with van der Waals surface area (Å²) >= 11 is 0. The molecule has 27 heavy (non-hydrogen) atoms. The number of para-hydroxylation sites is 2. The lowest BCUT2D eigenvalue weighted by atomic mass is 10.1. The number of nitrogens with zero attached hydrogens (tertiary/aromatic N) is 5. The number of fused-ring (bicyclic) bond motifs is 2. The molecule has 0 atom stereocenters. The molecule has 0 aliphatic carbocycles. The normalized spacial score (nSPS) is 13.6. The fourth-order valence-electron chi connectivity index (χ4n) is 3.02. The smallest absolute Gasteiger partial charge is 0.252 e. The van der Waals surface area contributed by atoms with Crippen LogP contribution in [0.25, 0.3) is 17.1 Å². The highest BCUT2D eigenvalue weighted by Gasteiger charge is 2.27. The molecule has 6 nitrogen and oxygen atoms in total. The molecule has 4 rings (SSSR count). The number of rotatable bonds is 2. The van der Waals surface area contributed by atoms with E-state index in [1.165, 1.54) is 6.08 Å². The summed E-state index contributed by atoms with van der Waals surface area (Å²) in [6.07, 6.45) is 3.28. The number of benzene rings is 2. The van der Waals surface area contributed by atoms with Crippen LogP contribution in [0.3, 0.4) is 0 Å². The molecule has 0 radical (unpaired) electrons. The third kappa shape index (κ3) is 3.23. The van der Waals surface area contributed by atoms with Gasteiger partial charge in [-0.3, -0.25) is 9.69 Å². The number of amides is 1. The highest BCUT2D eigenvalue weighted by molar-refractivity contribution is 6.05. The second kappa shape index (κ2) is 6.89. The first-order valence-corrected chi connectivity index (χ1v) is 8.63. The van der Waals surface area contributed by atoms with Crippen molar-refractivity contribution in [2.45, 2.75) is 0 Å². The highest BCUT2D eigenvalue weighted by atomic mass is 16.2. The minimum Gasteiger partial charge on any atom is -0.355 e. The van der Waals surface area contributed by atoms with Crippen LogP contribution in [0.4, 0.5) is 11.6 Å². The summed E-state index contributed by atoms with van der Waals surface area (Å²) in [6, 6.07) is 16.8. The Morgan fingerprint density at radius 3 is 2.37 bits per heavy atom. The monoisotopic (exact) mass is 355 g/mol. The Labute approximate surface area is 157 Å².